The summed E-state index contributed by atoms with van der Waals surface area (Å²) in [6.07, 6.45) is 1.73. The highest BCUT2D eigenvalue weighted by Crippen LogP contribution is 2.24. The Hall–Kier alpha value is -1.34. The summed E-state index contributed by atoms with van der Waals surface area (Å²) < 4.78 is 30.5. The number of carbonyl (C=O) groups excluding carboxylic acids is 1. The van der Waals surface area contributed by atoms with Crippen molar-refractivity contribution in [2.75, 3.05) is 17.6 Å². The lowest BCUT2D eigenvalue weighted by atomic mass is 10.3. The molecule has 1 rings (SSSR count). The SMILES string of the molecule is COC(=O)CCCS(=O)(=O)Nc1c(C)ccnc1Cl. The minimum absolute atomic E-state index is 0.0527. The Morgan fingerprint density at radius 2 is 2.21 bits per heavy atom. The van der Waals surface area contributed by atoms with Gasteiger partial charge in [0.2, 0.25) is 10.0 Å². The Labute approximate surface area is 117 Å². The summed E-state index contributed by atoms with van der Waals surface area (Å²) in [5.74, 6) is -0.627. The van der Waals surface area contributed by atoms with E-state index < -0.39 is 16.0 Å². The molecule has 0 unspecified atom stereocenters. The van der Waals surface area contributed by atoms with Crippen molar-refractivity contribution in [2.45, 2.75) is 19.8 Å². The number of nitrogens with zero attached hydrogens (tertiary/aromatic N) is 1. The van der Waals surface area contributed by atoms with Crippen molar-refractivity contribution in [3.05, 3.63) is 23.0 Å². The van der Waals surface area contributed by atoms with Crippen LogP contribution in [-0.4, -0.2) is 32.2 Å². The van der Waals surface area contributed by atoms with Crippen LogP contribution in [0.15, 0.2) is 12.3 Å². The molecule has 0 atom stereocenters. The molecule has 0 saturated heterocycles. The zero-order valence-electron chi connectivity index (χ0n) is 10.6. The first-order chi connectivity index (χ1) is 8.85. The fourth-order valence-electron chi connectivity index (χ4n) is 1.36. The molecular formula is C11H15ClN2O4S. The second-order valence-corrected chi connectivity index (χ2v) is 6.09. The Balaban J connectivity index is 2.67. The molecule has 0 aromatic carbocycles. The first-order valence-corrected chi connectivity index (χ1v) is 7.57. The summed E-state index contributed by atoms with van der Waals surface area (Å²) in [6.45, 7) is 1.72. The second-order valence-electron chi connectivity index (χ2n) is 3.89. The van der Waals surface area contributed by atoms with Gasteiger partial charge in [-0.05, 0) is 25.0 Å². The standard InChI is InChI=1S/C11H15ClN2O4S/c1-8-5-6-13-11(12)10(8)14-19(16,17)7-3-4-9(15)18-2/h5-6,14H,3-4,7H2,1-2H3. The number of methoxy groups -OCH3 is 1. The molecule has 0 aliphatic carbocycles. The molecule has 19 heavy (non-hydrogen) atoms. The molecule has 0 spiro atoms. The molecule has 0 fully saturated rings. The molecule has 1 N–H and O–H groups in total. The van der Waals surface area contributed by atoms with Crippen LogP contribution in [0.3, 0.4) is 0 Å². The molecule has 106 valence electrons. The van der Waals surface area contributed by atoms with Crippen molar-refractivity contribution in [3.8, 4) is 0 Å². The van der Waals surface area contributed by atoms with Gasteiger partial charge >= 0.3 is 5.97 Å². The predicted octanol–water partition coefficient (Wildman–Crippen LogP) is 1.74. The number of esters is 1. The van der Waals surface area contributed by atoms with E-state index in [1.807, 2.05) is 0 Å². The monoisotopic (exact) mass is 306 g/mol. The van der Waals surface area contributed by atoms with Gasteiger partial charge in [0, 0.05) is 12.6 Å². The van der Waals surface area contributed by atoms with E-state index in [0.29, 0.717) is 5.56 Å². The number of hydrogen-bond acceptors (Lipinski definition) is 5. The van der Waals surface area contributed by atoms with Gasteiger partial charge in [0.05, 0.1) is 18.6 Å². The maximum atomic E-state index is 11.8. The van der Waals surface area contributed by atoms with Gasteiger partial charge in [0.1, 0.15) is 0 Å². The molecule has 1 heterocycles. The van der Waals surface area contributed by atoms with Crippen LogP contribution < -0.4 is 4.72 Å². The molecule has 1 aromatic rings. The summed E-state index contributed by atoms with van der Waals surface area (Å²) >= 11 is 5.83. The van der Waals surface area contributed by atoms with Gasteiger partial charge in [-0.15, -0.1) is 0 Å². The Morgan fingerprint density at radius 3 is 2.79 bits per heavy atom. The van der Waals surface area contributed by atoms with Gasteiger partial charge in [-0.1, -0.05) is 11.6 Å². The van der Waals surface area contributed by atoms with Gasteiger partial charge in [-0.2, -0.15) is 0 Å². The van der Waals surface area contributed by atoms with Crippen molar-refractivity contribution >= 4 is 33.3 Å². The minimum atomic E-state index is -3.57. The number of carbonyl (C=O) groups is 1. The highest BCUT2D eigenvalue weighted by Gasteiger charge is 2.15. The van der Waals surface area contributed by atoms with Crippen LogP contribution in [0.1, 0.15) is 18.4 Å². The van der Waals surface area contributed by atoms with E-state index >= 15 is 0 Å². The lowest BCUT2D eigenvalue weighted by molar-refractivity contribution is -0.140. The van der Waals surface area contributed by atoms with E-state index in [0.717, 1.165) is 0 Å². The molecule has 0 saturated carbocycles. The van der Waals surface area contributed by atoms with E-state index in [1.165, 1.54) is 13.3 Å². The summed E-state index contributed by atoms with van der Waals surface area (Å²) in [5, 5.41) is 0.0940. The molecule has 1 aromatic heterocycles. The Morgan fingerprint density at radius 1 is 1.53 bits per heavy atom. The van der Waals surface area contributed by atoms with Gasteiger partial charge in [-0.3, -0.25) is 9.52 Å². The van der Waals surface area contributed by atoms with Gasteiger partial charge in [-0.25, -0.2) is 13.4 Å². The number of rotatable bonds is 6. The summed E-state index contributed by atoms with van der Waals surface area (Å²) in [6, 6.07) is 1.65. The maximum absolute atomic E-state index is 11.8. The number of halogens is 1. The van der Waals surface area contributed by atoms with Gasteiger partial charge in [0.25, 0.3) is 0 Å². The first-order valence-electron chi connectivity index (χ1n) is 5.54. The number of aromatic nitrogens is 1. The molecule has 0 aliphatic rings. The van der Waals surface area contributed by atoms with Crippen LogP contribution >= 0.6 is 11.6 Å². The molecule has 0 aliphatic heterocycles. The number of sulfonamides is 1. The zero-order valence-corrected chi connectivity index (χ0v) is 12.2. The van der Waals surface area contributed by atoms with Crippen LogP contribution in [-0.2, 0) is 19.6 Å². The number of ether oxygens (including phenoxy) is 1. The highest BCUT2D eigenvalue weighted by atomic mass is 35.5. The highest BCUT2D eigenvalue weighted by molar-refractivity contribution is 7.92. The first kappa shape index (κ1) is 15.7. The lowest BCUT2D eigenvalue weighted by Gasteiger charge is -2.11. The lowest BCUT2D eigenvalue weighted by Crippen LogP contribution is -2.18. The van der Waals surface area contributed by atoms with Crippen LogP contribution in [0.4, 0.5) is 5.69 Å². The number of nitrogens with one attached hydrogen (secondary N) is 1. The summed E-state index contributed by atoms with van der Waals surface area (Å²) in [5.41, 5.74) is 0.943. The van der Waals surface area contributed by atoms with Crippen molar-refractivity contribution < 1.29 is 17.9 Å². The Kier molecular flexibility index (Phi) is 5.56. The second kappa shape index (κ2) is 6.72. The Bertz CT molecular complexity index is 540. The smallest absolute Gasteiger partial charge is 0.305 e. The summed E-state index contributed by atoms with van der Waals surface area (Å²) in [4.78, 5) is 14.7. The third kappa shape index (κ3) is 5.04. The van der Waals surface area contributed by atoms with Gasteiger partial charge < -0.3 is 4.74 Å². The zero-order chi connectivity index (χ0) is 14.5. The number of hydrogen-bond donors (Lipinski definition) is 1. The molecule has 8 heteroatoms. The predicted molar refractivity (Wildman–Crippen MR) is 72.6 cm³/mol. The summed E-state index contributed by atoms with van der Waals surface area (Å²) in [7, 11) is -2.31. The van der Waals surface area contributed by atoms with E-state index in [9.17, 15) is 13.2 Å². The van der Waals surface area contributed by atoms with E-state index in [1.54, 1.807) is 13.0 Å². The van der Waals surface area contributed by atoms with Crippen LogP contribution in [0, 0.1) is 6.92 Å². The molecule has 0 bridgehead atoms. The quantitative estimate of drug-likeness (QED) is 0.639. The molecule has 0 radical (unpaired) electrons. The molecular weight excluding hydrogens is 292 g/mol. The van der Waals surface area contributed by atoms with Crippen LogP contribution in [0.5, 0.6) is 0 Å². The van der Waals surface area contributed by atoms with E-state index in [-0.39, 0.29) is 29.4 Å². The molecule has 0 amide bonds. The fourth-order valence-corrected chi connectivity index (χ4v) is 2.87. The third-order valence-corrected chi connectivity index (χ3v) is 4.02. The number of aryl methyl sites for hydroxylation is 1. The number of pyridine rings is 1. The largest absolute Gasteiger partial charge is 0.469 e. The van der Waals surface area contributed by atoms with Crippen LogP contribution in [0.25, 0.3) is 0 Å². The fraction of sp³-hybridized carbons (Fsp3) is 0.455. The average molecular weight is 307 g/mol. The van der Waals surface area contributed by atoms with E-state index in [4.69, 9.17) is 11.6 Å². The van der Waals surface area contributed by atoms with Crippen molar-refractivity contribution in [3.63, 3.8) is 0 Å². The molecule has 6 nitrogen and oxygen atoms in total. The topological polar surface area (TPSA) is 85.4 Å². The van der Waals surface area contributed by atoms with E-state index in [2.05, 4.69) is 14.4 Å². The van der Waals surface area contributed by atoms with Crippen molar-refractivity contribution in [2.24, 2.45) is 0 Å². The normalized spacial score (nSPS) is 11.1. The third-order valence-electron chi connectivity index (χ3n) is 2.39. The van der Waals surface area contributed by atoms with Crippen molar-refractivity contribution in [1.29, 1.82) is 0 Å². The average Bonchev–Trinajstić information content (AvgIpc) is 2.33. The minimum Gasteiger partial charge on any atom is -0.469 e. The van der Waals surface area contributed by atoms with Crippen molar-refractivity contribution in [1.82, 2.24) is 4.98 Å². The number of anilines is 1. The van der Waals surface area contributed by atoms with Crippen LogP contribution in [0.2, 0.25) is 5.15 Å². The maximum Gasteiger partial charge on any atom is 0.305 e. The van der Waals surface area contributed by atoms with Gasteiger partial charge in [0.15, 0.2) is 5.15 Å².